The van der Waals surface area contributed by atoms with Crippen LogP contribution < -0.4 is 0 Å². The smallest absolute Gasteiger partial charge is 0.227 e. The predicted molar refractivity (Wildman–Crippen MR) is 122 cm³/mol. The minimum atomic E-state index is 0.0589. The van der Waals surface area contributed by atoms with Gasteiger partial charge in [0.1, 0.15) is 0 Å². The van der Waals surface area contributed by atoms with Gasteiger partial charge in [-0.15, -0.1) is 0 Å². The first-order chi connectivity index (χ1) is 14.7. The number of nitrogens with zero attached hydrogens (tertiary/aromatic N) is 2. The van der Waals surface area contributed by atoms with E-state index in [1.807, 2.05) is 41.3 Å². The van der Waals surface area contributed by atoms with Gasteiger partial charge >= 0.3 is 0 Å². The van der Waals surface area contributed by atoms with Crippen molar-refractivity contribution in [3.63, 3.8) is 0 Å². The molecule has 3 aromatic rings. The van der Waals surface area contributed by atoms with Gasteiger partial charge in [-0.1, -0.05) is 91.0 Å². The van der Waals surface area contributed by atoms with E-state index in [2.05, 4.69) is 66.4 Å². The quantitative estimate of drug-likeness (QED) is 0.539. The summed E-state index contributed by atoms with van der Waals surface area (Å²) in [6.45, 7) is 5.35. The second-order valence-electron chi connectivity index (χ2n) is 8.23. The zero-order valence-corrected chi connectivity index (χ0v) is 17.7. The van der Waals surface area contributed by atoms with Gasteiger partial charge in [0, 0.05) is 25.7 Å². The molecule has 30 heavy (non-hydrogen) atoms. The number of carbonyl (C=O) groups excluding carboxylic acids is 1. The highest BCUT2D eigenvalue weighted by molar-refractivity contribution is 5.79. The number of hydrogen-bond donors (Lipinski definition) is 0. The first-order valence-electron chi connectivity index (χ1n) is 10.9. The molecule has 3 aromatic carbocycles. The molecule has 1 fully saturated rings. The molecule has 0 spiro atoms. The van der Waals surface area contributed by atoms with E-state index >= 15 is 0 Å². The number of likely N-dealkylation sites (tertiary alicyclic amines) is 1. The maximum atomic E-state index is 13.6. The standard InChI is InChI=1S/C27H30N2O/c1-22(25-15-9-4-10-16-25)28-18-17-26(21-28)27(30)29(19-23-11-5-2-6-12-23)20-24-13-7-3-8-14-24/h2-16,22,26H,17-21H2,1H3/t22-,26?/m0/s1. The molecular formula is C27H30N2O. The number of benzene rings is 3. The van der Waals surface area contributed by atoms with E-state index in [-0.39, 0.29) is 11.8 Å². The summed E-state index contributed by atoms with van der Waals surface area (Å²) < 4.78 is 0. The number of amides is 1. The Hall–Kier alpha value is -2.91. The second kappa shape index (κ2) is 9.73. The van der Waals surface area contributed by atoms with Crippen molar-refractivity contribution >= 4 is 5.91 Å². The van der Waals surface area contributed by atoms with Crippen LogP contribution in [0.2, 0.25) is 0 Å². The summed E-state index contributed by atoms with van der Waals surface area (Å²) in [4.78, 5) is 18.0. The fraction of sp³-hybridized carbons (Fsp3) is 0.296. The van der Waals surface area contributed by atoms with Crippen molar-refractivity contribution in [1.29, 1.82) is 0 Å². The molecule has 1 heterocycles. The largest absolute Gasteiger partial charge is 0.334 e. The van der Waals surface area contributed by atoms with Crippen molar-refractivity contribution in [2.24, 2.45) is 5.92 Å². The number of hydrogen-bond acceptors (Lipinski definition) is 2. The molecule has 0 bridgehead atoms. The maximum absolute atomic E-state index is 13.6. The van der Waals surface area contributed by atoms with Crippen LogP contribution in [0.4, 0.5) is 0 Å². The van der Waals surface area contributed by atoms with Crippen LogP contribution in [0.5, 0.6) is 0 Å². The third kappa shape index (κ3) is 4.98. The van der Waals surface area contributed by atoms with Crippen molar-refractivity contribution in [2.45, 2.75) is 32.5 Å². The lowest BCUT2D eigenvalue weighted by molar-refractivity contribution is -0.136. The fourth-order valence-electron chi connectivity index (χ4n) is 4.36. The van der Waals surface area contributed by atoms with Crippen LogP contribution in [-0.2, 0) is 17.9 Å². The van der Waals surface area contributed by atoms with Gasteiger partial charge in [0.15, 0.2) is 0 Å². The summed E-state index contributed by atoms with van der Waals surface area (Å²) in [5.74, 6) is 0.328. The molecule has 1 aliphatic heterocycles. The predicted octanol–water partition coefficient (Wildman–Crippen LogP) is 5.30. The number of rotatable bonds is 7. The van der Waals surface area contributed by atoms with E-state index in [4.69, 9.17) is 0 Å². The molecule has 1 amide bonds. The molecule has 0 aromatic heterocycles. The van der Waals surface area contributed by atoms with Crippen LogP contribution in [-0.4, -0.2) is 28.8 Å². The van der Waals surface area contributed by atoms with Crippen LogP contribution in [0.25, 0.3) is 0 Å². The van der Waals surface area contributed by atoms with Crippen molar-refractivity contribution in [3.05, 3.63) is 108 Å². The molecule has 3 heteroatoms. The fourth-order valence-corrected chi connectivity index (χ4v) is 4.36. The van der Waals surface area contributed by atoms with E-state index in [0.29, 0.717) is 19.1 Å². The van der Waals surface area contributed by atoms with Gasteiger partial charge in [-0.2, -0.15) is 0 Å². The van der Waals surface area contributed by atoms with Gasteiger partial charge in [0.05, 0.1) is 5.92 Å². The summed E-state index contributed by atoms with van der Waals surface area (Å²) >= 11 is 0. The Labute approximate surface area is 180 Å². The molecule has 0 N–H and O–H groups in total. The normalized spacial score (nSPS) is 17.6. The van der Waals surface area contributed by atoms with Gasteiger partial charge in [0.2, 0.25) is 5.91 Å². The van der Waals surface area contributed by atoms with Gasteiger partial charge < -0.3 is 4.90 Å². The van der Waals surface area contributed by atoms with Crippen molar-refractivity contribution in [2.75, 3.05) is 13.1 Å². The Kier molecular flexibility index (Phi) is 6.60. The van der Waals surface area contributed by atoms with Gasteiger partial charge in [-0.25, -0.2) is 0 Å². The van der Waals surface area contributed by atoms with Crippen LogP contribution in [0.3, 0.4) is 0 Å². The summed E-state index contributed by atoms with van der Waals surface area (Å²) in [7, 11) is 0. The molecular weight excluding hydrogens is 368 g/mol. The van der Waals surface area contributed by atoms with Crippen molar-refractivity contribution in [1.82, 2.24) is 9.80 Å². The lowest BCUT2D eigenvalue weighted by atomic mass is 10.0. The van der Waals surface area contributed by atoms with Crippen molar-refractivity contribution in [3.8, 4) is 0 Å². The van der Waals surface area contributed by atoms with Gasteiger partial charge in [-0.3, -0.25) is 9.69 Å². The molecule has 3 nitrogen and oxygen atoms in total. The van der Waals surface area contributed by atoms with Crippen LogP contribution in [0, 0.1) is 5.92 Å². The highest BCUT2D eigenvalue weighted by Crippen LogP contribution is 2.29. The zero-order valence-electron chi connectivity index (χ0n) is 17.7. The molecule has 2 atom stereocenters. The highest BCUT2D eigenvalue weighted by Gasteiger charge is 2.33. The lowest BCUT2D eigenvalue weighted by Gasteiger charge is -2.28. The summed E-state index contributed by atoms with van der Waals surface area (Å²) in [5, 5.41) is 0. The average molecular weight is 399 g/mol. The third-order valence-corrected chi connectivity index (χ3v) is 6.14. The van der Waals surface area contributed by atoms with Gasteiger partial charge in [-0.05, 0) is 36.6 Å². The summed E-state index contributed by atoms with van der Waals surface area (Å²) in [5.41, 5.74) is 3.67. The molecule has 1 unspecified atom stereocenters. The Morgan fingerprint density at radius 2 is 1.37 bits per heavy atom. The van der Waals surface area contributed by atoms with Crippen LogP contribution in [0.15, 0.2) is 91.0 Å². The lowest BCUT2D eigenvalue weighted by Crippen LogP contribution is -2.37. The minimum absolute atomic E-state index is 0.0589. The van der Waals surface area contributed by atoms with Crippen LogP contribution in [0.1, 0.15) is 36.1 Å². The number of carbonyl (C=O) groups is 1. The topological polar surface area (TPSA) is 23.6 Å². The third-order valence-electron chi connectivity index (χ3n) is 6.14. The molecule has 4 rings (SSSR count). The van der Waals surface area contributed by atoms with Crippen molar-refractivity contribution < 1.29 is 4.79 Å². The van der Waals surface area contributed by atoms with E-state index < -0.39 is 0 Å². The second-order valence-corrected chi connectivity index (χ2v) is 8.23. The summed E-state index contributed by atoms with van der Waals surface area (Å²) in [6, 6.07) is 31.5. The summed E-state index contributed by atoms with van der Waals surface area (Å²) in [6.07, 6.45) is 0.927. The first kappa shape index (κ1) is 20.4. The Bertz CT molecular complexity index is 885. The molecule has 1 saturated heterocycles. The molecule has 0 radical (unpaired) electrons. The molecule has 154 valence electrons. The minimum Gasteiger partial charge on any atom is -0.334 e. The van der Waals surface area contributed by atoms with E-state index in [1.54, 1.807) is 0 Å². The van der Waals surface area contributed by atoms with E-state index in [9.17, 15) is 4.79 Å². The molecule has 0 aliphatic carbocycles. The SMILES string of the molecule is C[C@@H](c1ccccc1)N1CCC(C(=O)N(Cc2ccccc2)Cc2ccccc2)C1. The molecule has 0 saturated carbocycles. The Balaban J connectivity index is 1.47. The van der Waals surface area contributed by atoms with Gasteiger partial charge in [0.25, 0.3) is 0 Å². The monoisotopic (exact) mass is 398 g/mol. The molecule has 1 aliphatic rings. The van der Waals surface area contributed by atoms with E-state index in [0.717, 1.165) is 19.5 Å². The highest BCUT2D eigenvalue weighted by atomic mass is 16.2. The maximum Gasteiger partial charge on any atom is 0.227 e. The zero-order chi connectivity index (χ0) is 20.8. The van der Waals surface area contributed by atoms with Crippen LogP contribution >= 0.6 is 0 Å². The average Bonchev–Trinajstić information content (AvgIpc) is 3.30. The first-order valence-corrected chi connectivity index (χ1v) is 10.9. The van der Waals surface area contributed by atoms with E-state index in [1.165, 1.54) is 16.7 Å². The Morgan fingerprint density at radius 1 is 0.867 bits per heavy atom. The Morgan fingerprint density at radius 3 is 1.90 bits per heavy atom.